The topological polar surface area (TPSA) is 58.6 Å². The molecule has 4 heteroatoms. The molecule has 0 aromatic heterocycles. The molecule has 2 N–H and O–H groups in total. The molecule has 0 heterocycles. The van der Waals surface area contributed by atoms with Gasteiger partial charge in [-0.3, -0.25) is 0 Å². The summed E-state index contributed by atoms with van der Waals surface area (Å²) in [4.78, 5) is 13.0. The molecule has 1 atom stereocenters. The Morgan fingerprint density at radius 2 is 1.83 bits per heavy atom. The minimum Gasteiger partial charge on any atom is -0.456 e. The third kappa shape index (κ3) is 4.37. The largest absolute Gasteiger partial charge is 0.456 e. The Balaban J connectivity index is 2.26. The number of hydrogen-bond donors (Lipinski definition) is 2. The second-order valence-corrected chi connectivity index (χ2v) is 7.40. The van der Waals surface area contributed by atoms with Crippen LogP contribution in [0.4, 0.5) is 0 Å². The van der Waals surface area contributed by atoms with Crippen molar-refractivity contribution < 1.29 is 14.6 Å². The van der Waals surface area contributed by atoms with Crippen LogP contribution in [0.15, 0.2) is 30.3 Å². The van der Waals surface area contributed by atoms with Gasteiger partial charge in [0.15, 0.2) is 5.60 Å². The molecular formula is C20H31NO3. The van der Waals surface area contributed by atoms with Crippen molar-refractivity contribution in [2.75, 3.05) is 13.1 Å². The lowest BCUT2D eigenvalue weighted by Crippen LogP contribution is -2.50. The minimum atomic E-state index is -1.56. The second kappa shape index (κ2) is 8.13. The SMILES string of the molecule is CCNCC(C)(C)OC(=O)C(O)(c1ccccc1)C1CCCCC1. The third-order valence-electron chi connectivity index (χ3n) is 4.89. The Morgan fingerprint density at radius 1 is 1.21 bits per heavy atom. The van der Waals surface area contributed by atoms with E-state index < -0.39 is 17.2 Å². The first kappa shape index (κ1) is 18.9. The summed E-state index contributed by atoms with van der Waals surface area (Å²) >= 11 is 0. The lowest BCUT2D eigenvalue weighted by atomic mass is 9.73. The summed E-state index contributed by atoms with van der Waals surface area (Å²) in [5.74, 6) is -0.611. The molecule has 1 aromatic carbocycles. The highest BCUT2D eigenvalue weighted by molar-refractivity contribution is 5.82. The van der Waals surface area contributed by atoms with Crippen molar-refractivity contribution in [3.8, 4) is 0 Å². The van der Waals surface area contributed by atoms with E-state index in [9.17, 15) is 9.90 Å². The smallest absolute Gasteiger partial charge is 0.343 e. The van der Waals surface area contributed by atoms with Crippen LogP contribution < -0.4 is 5.32 Å². The van der Waals surface area contributed by atoms with Crippen molar-refractivity contribution >= 4 is 5.97 Å². The molecular weight excluding hydrogens is 302 g/mol. The van der Waals surface area contributed by atoms with E-state index in [1.807, 2.05) is 51.1 Å². The normalized spacial score (nSPS) is 18.8. The number of esters is 1. The maximum Gasteiger partial charge on any atom is 0.343 e. The van der Waals surface area contributed by atoms with Crippen LogP contribution in [-0.4, -0.2) is 29.8 Å². The molecule has 0 saturated heterocycles. The van der Waals surface area contributed by atoms with Crippen molar-refractivity contribution in [1.29, 1.82) is 0 Å². The monoisotopic (exact) mass is 333 g/mol. The molecule has 1 fully saturated rings. The van der Waals surface area contributed by atoms with Gasteiger partial charge in [-0.25, -0.2) is 4.79 Å². The van der Waals surface area contributed by atoms with Gasteiger partial charge in [0.25, 0.3) is 0 Å². The van der Waals surface area contributed by atoms with Gasteiger partial charge in [-0.05, 0) is 38.8 Å². The van der Waals surface area contributed by atoms with Gasteiger partial charge in [0.05, 0.1) is 0 Å². The minimum absolute atomic E-state index is 0.0870. The maximum atomic E-state index is 13.0. The first-order chi connectivity index (χ1) is 11.4. The van der Waals surface area contributed by atoms with Gasteiger partial charge in [0.1, 0.15) is 5.60 Å². The van der Waals surface area contributed by atoms with Crippen molar-refractivity contribution in [2.24, 2.45) is 5.92 Å². The molecule has 2 rings (SSSR count). The molecule has 1 aliphatic rings. The highest BCUT2D eigenvalue weighted by Crippen LogP contribution is 2.41. The summed E-state index contributed by atoms with van der Waals surface area (Å²) in [7, 11) is 0. The molecule has 0 spiro atoms. The van der Waals surface area contributed by atoms with Crippen LogP contribution in [-0.2, 0) is 15.1 Å². The van der Waals surface area contributed by atoms with Crippen molar-refractivity contribution in [1.82, 2.24) is 5.32 Å². The fraction of sp³-hybridized carbons (Fsp3) is 0.650. The van der Waals surface area contributed by atoms with Gasteiger partial charge >= 0.3 is 5.97 Å². The first-order valence-corrected chi connectivity index (χ1v) is 9.12. The molecule has 134 valence electrons. The number of ether oxygens (including phenoxy) is 1. The zero-order valence-electron chi connectivity index (χ0n) is 15.2. The van der Waals surface area contributed by atoms with E-state index in [0.717, 1.165) is 32.2 Å². The van der Waals surface area contributed by atoms with E-state index in [-0.39, 0.29) is 5.92 Å². The molecule has 24 heavy (non-hydrogen) atoms. The van der Waals surface area contributed by atoms with Crippen LogP contribution in [0.3, 0.4) is 0 Å². The number of carbonyl (C=O) groups excluding carboxylic acids is 1. The highest BCUT2D eigenvalue weighted by atomic mass is 16.6. The van der Waals surface area contributed by atoms with Crippen molar-refractivity contribution in [3.63, 3.8) is 0 Å². The third-order valence-corrected chi connectivity index (χ3v) is 4.89. The summed E-state index contributed by atoms with van der Waals surface area (Å²) in [5, 5.41) is 14.7. The summed E-state index contributed by atoms with van der Waals surface area (Å²) in [6.07, 6.45) is 4.98. The Morgan fingerprint density at radius 3 is 2.42 bits per heavy atom. The zero-order valence-corrected chi connectivity index (χ0v) is 15.2. The second-order valence-electron chi connectivity index (χ2n) is 7.40. The average Bonchev–Trinajstić information content (AvgIpc) is 2.60. The van der Waals surface area contributed by atoms with E-state index in [4.69, 9.17) is 4.74 Å². The van der Waals surface area contributed by atoms with Gasteiger partial charge in [0.2, 0.25) is 0 Å². The predicted molar refractivity (Wildman–Crippen MR) is 95.6 cm³/mol. The van der Waals surface area contributed by atoms with Crippen LogP contribution in [0.25, 0.3) is 0 Å². The lowest BCUT2D eigenvalue weighted by molar-refractivity contribution is -0.188. The highest BCUT2D eigenvalue weighted by Gasteiger charge is 2.48. The summed E-state index contributed by atoms with van der Waals surface area (Å²) in [6.45, 7) is 7.14. The van der Waals surface area contributed by atoms with E-state index >= 15 is 0 Å². The molecule has 1 aliphatic carbocycles. The van der Waals surface area contributed by atoms with Gasteiger partial charge in [0, 0.05) is 12.5 Å². The number of benzene rings is 1. The van der Waals surface area contributed by atoms with Gasteiger partial charge < -0.3 is 15.2 Å². The van der Waals surface area contributed by atoms with Gasteiger partial charge in [-0.15, -0.1) is 0 Å². The molecule has 0 bridgehead atoms. The molecule has 0 radical (unpaired) electrons. The molecule has 0 aliphatic heterocycles. The van der Waals surface area contributed by atoms with Gasteiger partial charge in [-0.2, -0.15) is 0 Å². The number of hydrogen-bond acceptors (Lipinski definition) is 4. The fourth-order valence-electron chi connectivity index (χ4n) is 3.52. The number of carbonyl (C=O) groups is 1. The fourth-order valence-corrected chi connectivity index (χ4v) is 3.52. The van der Waals surface area contributed by atoms with Crippen LogP contribution in [0.1, 0.15) is 58.4 Å². The Bertz CT molecular complexity index is 523. The van der Waals surface area contributed by atoms with E-state index in [2.05, 4.69) is 5.32 Å². The standard InChI is InChI=1S/C20H31NO3/c1-4-21-15-19(2,3)24-18(22)20(23,16-11-7-5-8-12-16)17-13-9-6-10-14-17/h5,7-8,11-12,17,21,23H,4,6,9-10,13-15H2,1-3H3. The Hall–Kier alpha value is -1.39. The number of rotatable bonds is 7. The van der Waals surface area contributed by atoms with Crippen molar-refractivity contribution in [3.05, 3.63) is 35.9 Å². The first-order valence-electron chi connectivity index (χ1n) is 9.12. The molecule has 1 aromatic rings. The maximum absolute atomic E-state index is 13.0. The van der Waals surface area contributed by atoms with Crippen LogP contribution in [0.5, 0.6) is 0 Å². The van der Waals surface area contributed by atoms with E-state index in [1.54, 1.807) is 0 Å². The number of likely N-dealkylation sites (N-methyl/N-ethyl adjacent to an activating group) is 1. The summed E-state index contributed by atoms with van der Waals surface area (Å²) < 4.78 is 5.76. The number of aliphatic hydroxyl groups is 1. The Kier molecular flexibility index (Phi) is 6.41. The molecule has 1 saturated carbocycles. The van der Waals surface area contributed by atoms with Crippen LogP contribution in [0.2, 0.25) is 0 Å². The van der Waals surface area contributed by atoms with E-state index in [0.29, 0.717) is 12.1 Å². The lowest BCUT2D eigenvalue weighted by Gasteiger charge is -2.39. The quantitative estimate of drug-likeness (QED) is 0.751. The summed E-state index contributed by atoms with van der Waals surface area (Å²) in [5.41, 5.74) is -1.59. The summed E-state index contributed by atoms with van der Waals surface area (Å²) in [6, 6.07) is 9.27. The van der Waals surface area contributed by atoms with E-state index in [1.165, 1.54) is 6.42 Å². The number of nitrogens with one attached hydrogen (secondary N) is 1. The predicted octanol–water partition coefficient (Wildman–Crippen LogP) is 3.39. The Labute approximate surface area is 145 Å². The molecule has 4 nitrogen and oxygen atoms in total. The van der Waals surface area contributed by atoms with Crippen LogP contribution >= 0.6 is 0 Å². The van der Waals surface area contributed by atoms with Gasteiger partial charge in [-0.1, -0.05) is 56.5 Å². The van der Waals surface area contributed by atoms with Crippen molar-refractivity contribution in [2.45, 2.75) is 64.1 Å². The average molecular weight is 333 g/mol. The molecule has 0 amide bonds. The molecule has 1 unspecified atom stereocenters. The van der Waals surface area contributed by atoms with Crippen LogP contribution in [0, 0.1) is 5.92 Å². The zero-order chi connectivity index (χ0) is 17.6.